The summed E-state index contributed by atoms with van der Waals surface area (Å²) in [5.74, 6) is 0.589. The van der Waals surface area contributed by atoms with Gasteiger partial charge >= 0.3 is 0 Å². The summed E-state index contributed by atoms with van der Waals surface area (Å²) in [6, 6.07) is 8.52. The van der Waals surface area contributed by atoms with Gasteiger partial charge in [-0.05, 0) is 36.9 Å². The molecule has 19 heavy (non-hydrogen) atoms. The van der Waals surface area contributed by atoms with E-state index in [0.29, 0.717) is 12.5 Å². The highest BCUT2D eigenvalue weighted by atomic mass is 16.1. The number of hydrogen-bond acceptors (Lipinski definition) is 2. The number of benzene rings is 1. The molecule has 0 aliphatic rings. The predicted octanol–water partition coefficient (Wildman–Crippen LogP) is 2.99. The van der Waals surface area contributed by atoms with E-state index in [1.807, 2.05) is 6.92 Å². The second-order valence-corrected chi connectivity index (χ2v) is 5.29. The van der Waals surface area contributed by atoms with E-state index < -0.39 is 0 Å². The lowest BCUT2D eigenvalue weighted by Gasteiger charge is -2.15. The highest BCUT2D eigenvalue weighted by Gasteiger charge is 2.09. The molecule has 0 aliphatic heterocycles. The van der Waals surface area contributed by atoms with Crippen LogP contribution in [0.4, 0.5) is 0 Å². The minimum absolute atomic E-state index is 0.0499. The van der Waals surface area contributed by atoms with Crippen molar-refractivity contribution in [3.05, 3.63) is 35.4 Å². The molecule has 106 valence electrons. The summed E-state index contributed by atoms with van der Waals surface area (Å²) >= 11 is 0. The third-order valence-electron chi connectivity index (χ3n) is 3.19. The van der Waals surface area contributed by atoms with Crippen molar-refractivity contribution in [2.75, 3.05) is 13.1 Å². The molecule has 2 N–H and O–H groups in total. The summed E-state index contributed by atoms with van der Waals surface area (Å²) in [5.41, 5.74) is 2.47. The van der Waals surface area contributed by atoms with Crippen LogP contribution in [0.5, 0.6) is 0 Å². The number of amides is 1. The fourth-order valence-electron chi connectivity index (χ4n) is 1.92. The maximum Gasteiger partial charge on any atom is 0.234 e. The van der Waals surface area contributed by atoms with Crippen molar-refractivity contribution in [1.29, 1.82) is 0 Å². The molecule has 1 atom stereocenters. The van der Waals surface area contributed by atoms with Gasteiger partial charge in [0.25, 0.3) is 0 Å². The first-order valence-corrected chi connectivity index (χ1v) is 7.14. The summed E-state index contributed by atoms with van der Waals surface area (Å²) in [5, 5.41) is 6.11. The monoisotopic (exact) mass is 262 g/mol. The van der Waals surface area contributed by atoms with E-state index in [0.717, 1.165) is 18.5 Å². The van der Waals surface area contributed by atoms with Crippen molar-refractivity contribution < 1.29 is 4.79 Å². The van der Waals surface area contributed by atoms with Gasteiger partial charge in [-0.25, -0.2) is 0 Å². The van der Waals surface area contributed by atoms with Crippen molar-refractivity contribution in [2.45, 2.75) is 46.1 Å². The molecule has 0 heterocycles. The molecule has 1 aromatic carbocycles. The van der Waals surface area contributed by atoms with E-state index >= 15 is 0 Å². The van der Waals surface area contributed by atoms with Crippen molar-refractivity contribution in [1.82, 2.24) is 10.6 Å². The molecular weight excluding hydrogens is 236 g/mol. The van der Waals surface area contributed by atoms with E-state index in [1.165, 1.54) is 5.56 Å². The Morgan fingerprint density at radius 1 is 1.11 bits per heavy atom. The number of nitrogens with one attached hydrogen (secondary N) is 2. The Bertz CT molecular complexity index is 384. The molecule has 3 nitrogen and oxygen atoms in total. The molecule has 0 saturated heterocycles. The zero-order chi connectivity index (χ0) is 14.3. The number of hydrogen-bond donors (Lipinski definition) is 2. The first-order chi connectivity index (χ1) is 9.04. The lowest BCUT2D eigenvalue weighted by molar-refractivity contribution is -0.120. The topological polar surface area (TPSA) is 41.1 Å². The maximum absolute atomic E-state index is 11.7. The maximum atomic E-state index is 11.7. The van der Waals surface area contributed by atoms with Crippen LogP contribution >= 0.6 is 0 Å². The Labute approximate surface area is 116 Å². The van der Waals surface area contributed by atoms with Crippen LogP contribution in [0, 0.1) is 0 Å². The lowest BCUT2D eigenvalue weighted by Crippen LogP contribution is -2.35. The zero-order valence-corrected chi connectivity index (χ0v) is 12.5. The Kier molecular flexibility index (Phi) is 6.57. The van der Waals surface area contributed by atoms with Gasteiger partial charge in [-0.2, -0.15) is 0 Å². The molecule has 3 heteroatoms. The minimum atomic E-state index is 0.0499. The molecule has 0 aromatic heterocycles. The second kappa shape index (κ2) is 7.95. The average Bonchev–Trinajstić information content (AvgIpc) is 2.39. The van der Waals surface area contributed by atoms with Crippen LogP contribution in [0.3, 0.4) is 0 Å². The summed E-state index contributed by atoms with van der Waals surface area (Å²) in [4.78, 5) is 11.7. The molecule has 0 bridgehead atoms. The van der Waals surface area contributed by atoms with Gasteiger partial charge in [0.1, 0.15) is 0 Å². The van der Waals surface area contributed by atoms with Gasteiger partial charge in [-0.1, -0.05) is 45.0 Å². The standard InChI is InChI=1S/C16H26N2O/c1-5-10-17-11-16(19)18-13(4)15-8-6-14(7-9-15)12(2)3/h6-9,12-13,17H,5,10-11H2,1-4H3,(H,18,19). The van der Waals surface area contributed by atoms with Crippen LogP contribution < -0.4 is 10.6 Å². The molecule has 1 unspecified atom stereocenters. The van der Waals surface area contributed by atoms with Gasteiger partial charge < -0.3 is 10.6 Å². The van der Waals surface area contributed by atoms with E-state index in [1.54, 1.807) is 0 Å². The quantitative estimate of drug-likeness (QED) is 0.742. The summed E-state index contributed by atoms with van der Waals surface area (Å²) in [7, 11) is 0. The molecule has 1 rings (SSSR count). The molecule has 0 saturated carbocycles. The van der Waals surface area contributed by atoms with Crippen LogP contribution in [0.1, 0.15) is 57.2 Å². The van der Waals surface area contributed by atoms with Gasteiger partial charge in [0.15, 0.2) is 0 Å². The lowest BCUT2D eigenvalue weighted by atomic mass is 9.99. The first-order valence-electron chi connectivity index (χ1n) is 7.14. The number of carbonyl (C=O) groups excluding carboxylic acids is 1. The second-order valence-electron chi connectivity index (χ2n) is 5.29. The van der Waals surface area contributed by atoms with Crippen molar-refractivity contribution >= 4 is 5.91 Å². The van der Waals surface area contributed by atoms with Gasteiger partial charge in [-0.15, -0.1) is 0 Å². The molecule has 0 radical (unpaired) electrons. The molecule has 0 spiro atoms. The van der Waals surface area contributed by atoms with Gasteiger partial charge in [0.2, 0.25) is 5.91 Å². The van der Waals surface area contributed by atoms with E-state index in [2.05, 4.69) is 55.7 Å². The third kappa shape index (κ3) is 5.43. The van der Waals surface area contributed by atoms with Crippen molar-refractivity contribution in [3.63, 3.8) is 0 Å². The van der Waals surface area contributed by atoms with Crippen molar-refractivity contribution in [2.24, 2.45) is 0 Å². The fraction of sp³-hybridized carbons (Fsp3) is 0.562. The Morgan fingerprint density at radius 3 is 2.21 bits per heavy atom. The average molecular weight is 262 g/mol. The van der Waals surface area contributed by atoms with Crippen molar-refractivity contribution in [3.8, 4) is 0 Å². The number of rotatable bonds is 7. The van der Waals surface area contributed by atoms with Gasteiger partial charge in [0.05, 0.1) is 12.6 Å². The number of carbonyl (C=O) groups is 1. The minimum Gasteiger partial charge on any atom is -0.348 e. The first kappa shape index (κ1) is 15.7. The van der Waals surface area contributed by atoms with Crippen LogP contribution in [-0.2, 0) is 4.79 Å². The highest BCUT2D eigenvalue weighted by Crippen LogP contribution is 2.18. The van der Waals surface area contributed by atoms with Crippen LogP contribution in [0.2, 0.25) is 0 Å². The highest BCUT2D eigenvalue weighted by molar-refractivity contribution is 5.78. The fourth-order valence-corrected chi connectivity index (χ4v) is 1.92. The predicted molar refractivity (Wildman–Crippen MR) is 80.2 cm³/mol. The van der Waals surface area contributed by atoms with Crippen LogP contribution in [-0.4, -0.2) is 19.0 Å². The summed E-state index contributed by atoms with van der Waals surface area (Å²) in [6.07, 6.45) is 1.04. The van der Waals surface area contributed by atoms with Gasteiger partial charge in [-0.3, -0.25) is 4.79 Å². The third-order valence-corrected chi connectivity index (χ3v) is 3.19. The Balaban J connectivity index is 2.48. The molecule has 1 aromatic rings. The van der Waals surface area contributed by atoms with Crippen LogP contribution in [0.15, 0.2) is 24.3 Å². The summed E-state index contributed by atoms with van der Waals surface area (Å²) < 4.78 is 0. The van der Waals surface area contributed by atoms with E-state index in [9.17, 15) is 4.79 Å². The van der Waals surface area contributed by atoms with E-state index in [-0.39, 0.29) is 11.9 Å². The normalized spacial score (nSPS) is 12.5. The van der Waals surface area contributed by atoms with Crippen LogP contribution in [0.25, 0.3) is 0 Å². The largest absolute Gasteiger partial charge is 0.348 e. The Morgan fingerprint density at radius 2 is 1.68 bits per heavy atom. The zero-order valence-electron chi connectivity index (χ0n) is 12.5. The smallest absolute Gasteiger partial charge is 0.234 e. The summed E-state index contributed by atoms with van der Waals surface area (Å²) in [6.45, 7) is 9.73. The molecular formula is C16H26N2O. The molecule has 0 fully saturated rings. The Hall–Kier alpha value is -1.35. The molecule has 1 amide bonds. The molecule has 0 aliphatic carbocycles. The van der Waals surface area contributed by atoms with E-state index in [4.69, 9.17) is 0 Å². The van der Waals surface area contributed by atoms with Gasteiger partial charge in [0, 0.05) is 0 Å². The SMILES string of the molecule is CCCNCC(=O)NC(C)c1ccc(C(C)C)cc1.